The Morgan fingerprint density at radius 3 is 2.51 bits per heavy atom. The molecule has 1 saturated heterocycles. The van der Waals surface area contributed by atoms with Crippen LogP contribution in [-0.2, 0) is 16.0 Å². The van der Waals surface area contributed by atoms with Crippen LogP contribution in [0.25, 0.3) is 33.3 Å². The van der Waals surface area contributed by atoms with Crippen molar-refractivity contribution in [2.24, 2.45) is 0 Å². The molecule has 1 aliphatic heterocycles. The van der Waals surface area contributed by atoms with E-state index in [0.29, 0.717) is 19.4 Å². The number of hydrogen-bond acceptors (Lipinski definition) is 3. The number of aromatic amines is 1. The first kappa shape index (κ1) is 22.9. The highest BCUT2D eigenvalue weighted by Crippen LogP contribution is 2.29. The maximum Gasteiger partial charge on any atom is 0.247 e. The highest BCUT2D eigenvalue weighted by atomic mass is 16.3. The zero-order chi connectivity index (χ0) is 25.2. The standard InChI is InChI=1S/C31H27N3O3/c35-30(17-21-5-2-1-3-6-21)34-15-4-7-29(34)31(36)32-26-11-8-22(9-12-26)28-19-25-18-23(10-13-27(25)33-28)24-14-16-37-20-24/h1-3,5-6,8-14,16,18-20,29,33H,4,7,15,17H2,(H,32,36)/t29-/m0/s1. The predicted molar refractivity (Wildman–Crippen MR) is 145 cm³/mol. The normalized spacial score (nSPS) is 15.2. The third kappa shape index (κ3) is 4.78. The van der Waals surface area contributed by atoms with Gasteiger partial charge in [0.2, 0.25) is 11.8 Å². The molecule has 1 fully saturated rings. The Kier molecular flexibility index (Phi) is 6.06. The second-order valence-electron chi connectivity index (χ2n) is 9.47. The summed E-state index contributed by atoms with van der Waals surface area (Å²) >= 11 is 0. The minimum absolute atomic E-state index is 0.00561. The number of rotatable bonds is 6. The van der Waals surface area contributed by atoms with Crippen LogP contribution in [0.3, 0.4) is 0 Å². The van der Waals surface area contributed by atoms with Crippen molar-refractivity contribution in [1.82, 2.24) is 9.88 Å². The molecule has 2 amide bonds. The van der Waals surface area contributed by atoms with Crippen LogP contribution in [0.1, 0.15) is 18.4 Å². The van der Waals surface area contributed by atoms with Crippen molar-refractivity contribution in [2.75, 3.05) is 11.9 Å². The van der Waals surface area contributed by atoms with Crippen LogP contribution >= 0.6 is 0 Å². The van der Waals surface area contributed by atoms with E-state index in [1.54, 1.807) is 17.4 Å². The second-order valence-corrected chi connectivity index (χ2v) is 9.47. The molecule has 5 aromatic rings. The van der Waals surface area contributed by atoms with E-state index in [0.717, 1.165) is 51.0 Å². The molecule has 0 saturated carbocycles. The molecule has 2 aromatic heterocycles. The van der Waals surface area contributed by atoms with Gasteiger partial charge in [-0.2, -0.15) is 0 Å². The lowest BCUT2D eigenvalue weighted by Gasteiger charge is -2.24. The summed E-state index contributed by atoms with van der Waals surface area (Å²) in [5.41, 5.74) is 6.92. The number of furan rings is 1. The fraction of sp³-hybridized carbons (Fsp3) is 0.161. The van der Waals surface area contributed by atoms with E-state index < -0.39 is 6.04 Å². The van der Waals surface area contributed by atoms with Crippen LogP contribution < -0.4 is 5.32 Å². The average Bonchev–Trinajstić information content (AvgIpc) is 3.70. The van der Waals surface area contributed by atoms with E-state index in [1.165, 1.54) is 0 Å². The number of fused-ring (bicyclic) bond motifs is 1. The molecule has 0 radical (unpaired) electrons. The maximum absolute atomic E-state index is 13.1. The van der Waals surface area contributed by atoms with Gasteiger partial charge in [-0.3, -0.25) is 9.59 Å². The van der Waals surface area contributed by atoms with Gasteiger partial charge in [0.1, 0.15) is 6.04 Å². The number of benzene rings is 3. The molecule has 0 aliphatic carbocycles. The Labute approximate surface area is 214 Å². The summed E-state index contributed by atoms with van der Waals surface area (Å²) in [5, 5.41) is 4.13. The van der Waals surface area contributed by atoms with E-state index in [4.69, 9.17) is 4.42 Å². The van der Waals surface area contributed by atoms with Crippen molar-refractivity contribution in [3.63, 3.8) is 0 Å². The van der Waals surface area contributed by atoms with Crippen LogP contribution in [0.5, 0.6) is 0 Å². The summed E-state index contributed by atoms with van der Waals surface area (Å²) in [6.45, 7) is 0.616. The number of amides is 2. The number of carbonyl (C=O) groups excluding carboxylic acids is 2. The monoisotopic (exact) mass is 489 g/mol. The SMILES string of the molecule is O=C(Nc1ccc(-c2cc3cc(-c4ccoc4)ccc3[nH]2)cc1)[C@@H]1CCCN1C(=O)Cc1ccccc1. The first-order valence-electron chi connectivity index (χ1n) is 12.5. The van der Waals surface area contributed by atoms with E-state index in [-0.39, 0.29) is 11.8 Å². The third-order valence-corrected chi connectivity index (χ3v) is 7.01. The molecule has 0 spiro atoms. The van der Waals surface area contributed by atoms with Gasteiger partial charge in [0, 0.05) is 34.4 Å². The van der Waals surface area contributed by atoms with Gasteiger partial charge in [0.15, 0.2) is 0 Å². The summed E-state index contributed by atoms with van der Waals surface area (Å²) < 4.78 is 5.21. The van der Waals surface area contributed by atoms with Crippen molar-refractivity contribution >= 4 is 28.4 Å². The third-order valence-electron chi connectivity index (χ3n) is 7.01. The lowest BCUT2D eigenvalue weighted by Crippen LogP contribution is -2.43. The number of nitrogens with zero attached hydrogens (tertiary/aromatic N) is 1. The number of H-pyrrole nitrogens is 1. The lowest BCUT2D eigenvalue weighted by molar-refractivity contribution is -0.136. The highest BCUT2D eigenvalue weighted by molar-refractivity contribution is 5.98. The fourth-order valence-electron chi connectivity index (χ4n) is 5.06. The minimum Gasteiger partial charge on any atom is -0.472 e. The van der Waals surface area contributed by atoms with E-state index in [9.17, 15) is 9.59 Å². The smallest absolute Gasteiger partial charge is 0.247 e. The molecule has 1 atom stereocenters. The molecule has 0 unspecified atom stereocenters. The zero-order valence-electron chi connectivity index (χ0n) is 20.3. The molecule has 6 rings (SSSR count). The Morgan fingerprint density at radius 2 is 1.73 bits per heavy atom. The second kappa shape index (κ2) is 9.82. The van der Waals surface area contributed by atoms with Crippen molar-refractivity contribution in [2.45, 2.75) is 25.3 Å². The minimum atomic E-state index is -0.436. The zero-order valence-corrected chi connectivity index (χ0v) is 20.3. The quantitative estimate of drug-likeness (QED) is 0.295. The summed E-state index contributed by atoms with van der Waals surface area (Å²) in [6.07, 6.45) is 5.24. The number of aromatic nitrogens is 1. The van der Waals surface area contributed by atoms with Crippen LogP contribution in [-0.4, -0.2) is 34.3 Å². The Morgan fingerprint density at radius 1 is 0.919 bits per heavy atom. The molecule has 3 heterocycles. The summed E-state index contributed by atoms with van der Waals surface area (Å²) in [7, 11) is 0. The van der Waals surface area contributed by atoms with Crippen molar-refractivity contribution in [3.05, 3.63) is 103 Å². The molecule has 0 bridgehead atoms. The number of likely N-dealkylation sites (tertiary alicyclic amines) is 1. The van der Waals surface area contributed by atoms with Gasteiger partial charge in [-0.15, -0.1) is 0 Å². The Hall–Kier alpha value is -4.58. The van der Waals surface area contributed by atoms with Crippen molar-refractivity contribution in [3.8, 4) is 22.4 Å². The number of anilines is 1. The van der Waals surface area contributed by atoms with Crippen molar-refractivity contribution < 1.29 is 14.0 Å². The van der Waals surface area contributed by atoms with Crippen LogP contribution in [0.4, 0.5) is 5.69 Å². The summed E-state index contributed by atoms with van der Waals surface area (Å²) in [4.78, 5) is 31.1. The molecular weight excluding hydrogens is 462 g/mol. The van der Waals surface area contributed by atoms with Gasteiger partial charge < -0.3 is 19.6 Å². The summed E-state index contributed by atoms with van der Waals surface area (Å²) in [6, 6.07) is 27.4. The average molecular weight is 490 g/mol. The van der Waals surface area contributed by atoms with Gasteiger partial charge in [-0.05, 0) is 65.9 Å². The van der Waals surface area contributed by atoms with E-state index >= 15 is 0 Å². The Bertz CT molecular complexity index is 1540. The number of carbonyl (C=O) groups is 2. The summed E-state index contributed by atoms with van der Waals surface area (Å²) in [5.74, 6) is -0.141. The Balaban J connectivity index is 1.13. The largest absolute Gasteiger partial charge is 0.472 e. The van der Waals surface area contributed by atoms with Crippen LogP contribution in [0.2, 0.25) is 0 Å². The van der Waals surface area contributed by atoms with Gasteiger partial charge in [0.25, 0.3) is 0 Å². The number of hydrogen-bond donors (Lipinski definition) is 2. The van der Waals surface area contributed by atoms with Gasteiger partial charge >= 0.3 is 0 Å². The molecule has 2 N–H and O–H groups in total. The lowest BCUT2D eigenvalue weighted by atomic mass is 10.1. The molecular formula is C31H27N3O3. The molecule has 6 nitrogen and oxygen atoms in total. The highest BCUT2D eigenvalue weighted by Gasteiger charge is 2.33. The first-order chi connectivity index (χ1) is 18.1. The molecule has 6 heteroatoms. The van der Waals surface area contributed by atoms with Gasteiger partial charge in [-0.1, -0.05) is 48.5 Å². The number of nitrogens with one attached hydrogen (secondary N) is 2. The topological polar surface area (TPSA) is 78.3 Å². The molecule has 184 valence electrons. The fourth-order valence-corrected chi connectivity index (χ4v) is 5.06. The first-order valence-corrected chi connectivity index (χ1v) is 12.5. The van der Waals surface area contributed by atoms with Crippen molar-refractivity contribution in [1.29, 1.82) is 0 Å². The van der Waals surface area contributed by atoms with Gasteiger partial charge in [0.05, 0.1) is 18.9 Å². The molecule has 37 heavy (non-hydrogen) atoms. The molecule has 3 aromatic carbocycles. The molecule has 1 aliphatic rings. The predicted octanol–water partition coefficient (Wildman–Crippen LogP) is 6.27. The van der Waals surface area contributed by atoms with E-state index in [1.807, 2.05) is 60.7 Å². The maximum atomic E-state index is 13.1. The van der Waals surface area contributed by atoms with Gasteiger partial charge in [-0.25, -0.2) is 0 Å². The van der Waals surface area contributed by atoms with E-state index in [2.05, 4.69) is 34.6 Å². The van der Waals surface area contributed by atoms with Crippen LogP contribution in [0, 0.1) is 0 Å². The van der Waals surface area contributed by atoms with Crippen LogP contribution in [0.15, 0.2) is 102 Å².